The highest BCUT2D eigenvalue weighted by Gasteiger charge is 2.19. The highest BCUT2D eigenvalue weighted by atomic mass is 35.5. The molecule has 0 radical (unpaired) electrons. The number of urea groups is 1. The number of ether oxygens (including phenoxy) is 2. The summed E-state index contributed by atoms with van der Waals surface area (Å²) in [6.07, 6.45) is 0.814. The number of likely N-dealkylation sites (N-methyl/N-ethyl adjacent to an activating group) is 1. The first kappa shape index (κ1) is 28.8. The lowest BCUT2D eigenvalue weighted by atomic mass is 10.1. The largest absolute Gasteiger partial charge is 0.490 e. The van der Waals surface area contributed by atoms with Crippen LogP contribution in [0.25, 0.3) is 10.9 Å². The Morgan fingerprint density at radius 2 is 1.84 bits per heavy atom. The van der Waals surface area contributed by atoms with Crippen LogP contribution in [0.2, 0.25) is 5.02 Å². The monoisotopic (exact) mass is 544 g/mol. The van der Waals surface area contributed by atoms with Gasteiger partial charge in [-0.05, 0) is 37.4 Å². The minimum Gasteiger partial charge on any atom is -0.490 e. The number of pyridine rings is 1. The smallest absolute Gasteiger partial charge is 0.319 e. The maximum atomic E-state index is 12.7. The van der Waals surface area contributed by atoms with Crippen molar-refractivity contribution in [2.45, 2.75) is 20.0 Å². The van der Waals surface area contributed by atoms with Crippen molar-refractivity contribution in [3.05, 3.63) is 47.1 Å². The predicted octanol–water partition coefficient (Wildman–Crippen LogP) is 3.46. The summed E-state index contributed by atoms with van der Waals surface area (Å²) in [6, 6.07) is 7.57. The Kier molecular flexibility index (Phi) is 9.94. The van der Waals surface area contributed by atoms with Crippen molar-refractivity contribution >= 4 is 45.8 Å². The van der Waals surface area contributed by atoms with Crippen molar-refractivity contribution in [3.63, 3.8) is 0 Å². The van der Waals surface area contributed by atoms with Gasteiger partial charge in [-0.15, -0.1) is 0 Å². The van der Waals surface area contributed by atoms with Crippen molar-refractivity contribution in [1.29, 1.82) is 0 Å². The number of amides is 3. The van der Waals surface area contributed by atoms with Gasteiger partial charge in [-0.1, -0.05) is 25.4 Å². The van der Waals surface area contributed by atoms with E-state index in [0.29, 0.717) is 28.9 Å². The summed E-state index contributed by atoms with van der Waals surface area (Å²) < 4.78 is 11.9. The lowest BCUT2D eigenvalue weighted by Gasteiger charge is -2.22. The average molecular weight is 545 g/mol. The number of rotatable bonds is 11. The molecule has 6 N–H and O–H groups in total. The normalized spacial score (nSPS) is 11.8. The summed E-state index contributed by atoms with van der Waals surface area (Å²) in [6.45, 7) is 6.12. The van der Waals surface area contributed by atoms with Crippen LogP contribution in [-0.4, -0.2) is 73.4 Å². The van der Waals surface area contributed by atoms with E-state index in [1.54, 1.807) is 36.5 Å². The van der Waals surface area contributed by atoms with Crippen LogP contribution in [0.5, 0.6) is 17.2 Å². The number of nitrogens with two attached hydrogens (primary N) is 1. The van der Waals surface area contributed by atoms with E-state index >= 15 is 0 Å². The van der Waals surface area contributed by atoms with Crippen molar-refractivity contribution in [3.8, 4) is 17.2 Å². The fourth-order valence-corrected chi connectivity index (χ4v) is 3.95. The number of fused-ring (bicyclic) bond motifs is 1. The second-order valence-electron chi connectivity index (χ2n) is 8.35. The van der Waals surface area contributed by atoms with Gasteiger partial charge in [0, 0.05) is 38.3 Å². The number of aliphatic hydroxyl groups excluding tert-OH is 1. The molecule has 0 saturated heterocycles. The average Bonchev–Trinajstić information content (AvgIpc) is 2.93. The van der Waals surface area contributed by atoms with E-state index in [-0.39, 0.29) is 40.3 Å². The van der Waals surface area contributed by atoms with Crippen molar-refractivity contribution in [1.82, 2.24) is 20.5 Å². The lowest BCUT2D eigenvalue weighted by Crippen LogP contribution is -2.35. The standard InChI is InChI=1S/C26H33ClN6O5/c1-5-33(6-2)13-15(34)14-37-22-12-19-16(11-17(22)25(35)29-3)20(9-10-31-19)38-21-8-7-18(23(27)24(21)28)32-26(36)30-4/h7-12,15,34H,5-6,13-14,28H2,1-4H3,(H,29,35)(H2,30,32,36)/t15-/m1/s1. The number of anilines is 2. The zero-order valence-electron chi connectivity index (χ0n) is 21.8. The van der Waals surface area contributed by atoms with Gasteiger partial charge in [0.15, 0.2) is 5.75 Å². The molecule has 3 aromatic rings. The van der Waals surface area contributed by atoms with Gasteiger partial charge in [-0.2, -0.15) is 0 Å². The van der Waals surface area contributed by atoms with E-state index in [1.807, 2.05) is 13.8 Å². The van der Waals surface area contributed by atoms with Crippen molar-refractivity contribution in [2.24, 2.45) is 0 Å². The predicted molar refractivity (Wildman–Crippen MR) is 148 cm³/mol. The third-order valence-corrected chi connectivity index (χ3v) is 6.31. The number of nitrogen functional groups attached to an aromatic ring is 1. The Labute approximate surface area is 226 Å². The van der Waals surface area contributed by atoms with E-state index in [1.165, 1.54) is 14.1 Å². The Balaban J connectivity index is 1.93. The molecular formula is C26H33ClN6O5. The lowest BCUT2D eigenvalue weighted by molar-refractivity contribution is 0.0706. The fraction of sp³-hybridized carbons (Fsp3) is 0.346. The third-order valence-electron chi connectivity index (χ3n) is 5.90. The van der Waals surface area contributed by atoms with Gasteiger partial charge in [0.25, 0.3) is 5.91 Å². The zero-order valence-corrected chi connectivity index (χ0v) is 22.6. The van der Waals surface area contributed by atoms with Crippen molar-refractivity contribution < 1.29 is 24.2 Å². The molecule has 1 heterocycles. The summed E-state index contributed by atoms with van der Waals surface area (Å²) in [4.78, 5) is 30.8. The first-order valence-electron chi connectivity index (χ1n) is 12.1. The molecule has 0 fully saturated rings. The van der Waals surface area contributed by atoms with Crippen molar-refractivity contribution in [2.75, 3.05) is 51.4 Å². The number of halogens is 1. The molecule has 12 heteroatoms. The van der Waals surface area contributed by atoms with Crippen LogP contribution in [0.1, 0.15) is 24.2 Å². The molecule has 0 aliphatic carbocycles. The van der Waals surface area contributed by atoms with E-state index in [0.717, 1.165) is 13.1 Å². The molecule has 0 aliphatic rings. The maximum Gasteiger partial charge on any atom is 0.319 e. The Bertz CT molecular complexity index is 1300. The van der Waals surface area contributed by atoms with Gasteiger partial charge in [0.1, 0.15) is 24.2 Å². The van der Waals surface area contributed by atoms with Gasteiger partial charge in [-0.3, -0.25) is 9.78 Å². The molecule has 3 amide bonds. The van der Waals surface area contributed by atoms with E-state index < -0.39 is 12.1 Å². The maximum absolute atomic E-state index is 12.7. The molecule has 0 aliphatic heterocycles. The Morgan fingerprint density at radius 3 is 2.50 bits per heavy atom. The molecule has 204 valence electrons. The number of aliphatic hydroxyl groups is 1. The number of nitrogens with zero attached hydrogens (tertiary/aromatic N) is 2. The third kappa shape index (κ3) is 6.74. The van der Waals surface area contributed by atoms with Gasteiger partial charge < -0.3 is 41.2 Å². The fourth-order valence-electron chi connectivity index (χ4n) is 3.75. The minimum atomic E-state index is -0.737. The summed E-state index contributed by atoms with van der Waals surface area (Å²) in [5.74, 6) is 0.545. The van der Waals surface area contributed by atoms with E-state index in [9.17, 15) is 14.7 Å². The topological polar surface area (TPSA) is 151 Å². The molecule has 38 heavy (non-hydrogen) atoms. The highest BCUT2D eigenvalue weighted by molar-refractivity contribution is 6.36. The minimum absolute atomic E-state index is 0.00760. The van der Waals surface area contributed by atoms with Crippen LogP contribution in [-0.2, 0) is 0 Å². The van der Waals surface area contributed by atoms with Crippen LogP contribution in [0.3, 0.4) is 0 Å². The molecule has 0 unspecified atom stereocenters. The number of carbonyl (C=O) groups is 2. The van der Waals surface area contributed by atoms with Crippen LogP contribution in [0.15, 0.2) is 36.5 Å². The molecule has 2 aromatic carbocycles. The zero-order chi connectivity index (χ0) is 27.8. The molecule has 3 rings (SSSR count). The molecule has 0 saturated carbocycles. The molecule has 0 bridgehead atoms. The highest BCUT2D eigenvalue weighted by Crippen LogP contribution is 2.40. The Hall–Kier alpha value is -3.80. The first-order valence-corrected chi connectivity index (χ1v) is 12.5. The molecule has 11 nitrogen and oxygen atoms in total. The van der Waals surface area contributed by atoms with Gasteiger partial charge in [-0.25, -0.2) is 4.79 Å². The summed E-state index contributed by atoms with van der Waals surface area (Å²) in [5.41, 5.74) is 7.39. The van der Waals surface area contributed by atoms with E-state index in [2.05, 4.69) is 25.8 Å². The summed E-state index contributed by atoms with van der Waals surface area (Å²) in [5, 5.41) is 18.7. The van der Waals surface area contributed by atoms with Gasteiger partial charge >= 0.3 is 6.03 Å². The number of nitrogens with one attached hydrogen (secondary N) is 3. The molecular weight excluding hydrogens is 512 g/mol. The molecule has 0 spiro atoms. The SMILES string of the molecule is CCN(CC)C[C@@H](O)COc1cc2nccc(Oc3ccc(NC(=O)NC)c(Cl)c3N)c2cc1C(=O)NC. The molecule has 1 aromatic heterocycles. The number of aromatic nitrogens is 1. The second kappa shape index (κ2) is 13.1. The summed E-state index contributed by atoms with van der Waals surface area (Å²) in [7, 11) is 3.00. The van der Waals surface area contributed by atoms with E-state index in [4.69, 9.17) is 26.8 Å². The van der Waals surface area contributed by atoms with Crippen LogP contribution in [0.4, 0.5) is 16.2 Å². The number of hydrogen-bond acceptors (Lipinski definition) is 8. The van der Waals surface area contributed by atoms with Crippen LogP contribution < -0.4 is 31.2 Å². The van der Waals surface area contributed by atoms with Gasteiger partial charge in [0.2, 0.25) is 0 Å². The van der Waals surface area contributed by atoms with Crippen LogP contribution in [0, 0.1) is 0 Å². The number of hydrogen-bond donors (Lipinski definition) is 5. The van der Waals surface area contributed by atoms with Gasteiger partial charge in [0.05, 0.1) is 27.5 Å². The number of benzene rings is 2. The quantitative estimate of drug-likeness (QED) is 0.230. The Morgan fingerprint density at radius 1 is 1.11 bits per heavy atom. The number of carbonyl (C=O) groups excluding carboxylic acids is 2. The summed E-state index contributed by atoms with van der Waals surface area (Å²) >= 11 is 6.35. The molecule has 1 atom stereocenters. The first-order chi connectivity index (χ1) is 18.2. The van der Waals surface area contributed by atoms with Crippen LogP contribution >= 0.6 is 11.6 Å². The second-order valence-corrected chi connectivity index (χ2v) is 8.73.